The third kappa shape index (κ3) is 6.97. The molecule has 0 aromatic heterocycles. The minimum absolute atomic E-state index is 0.0839. The van der Waals surface area contributed by atoms with Crippen molar-refractivity contribution in [2.24, 2.45) is 11.1 Å². The highest BCUT2D eigenvalue weighted by molar-refractivity contribution is 5.89. The number of carbonyl (C=O) groups excluding carboxylic acids is 3. The standard InChI is InChI=1S/C14H27N3O4/c1-12(2,3)21-11(20)17-14(6,7)10(19)16-8-13(4,5)9(15)18/h8H2,1-7H3,(H2,15,18)(H,16,19)(H,17,20). The van der Waals surface area contributed by atoms with E-state index in [1.165, 1.54) is 0 Å². The van der Waals surface area contributed by atoms with Crippen LogP contribution in [0.1, 0.15) is 48.5 Å². The van der Waals surface area contributed by atoms with E-state index in [2.05, 4.69) is 10.6 Å². The molecule has 122 valence electrons. The number of carbonyl (C=O) groups is 3. The second kappa shape index (κ2) is 6.32. The quantitative estimate of drug-likeness (QED) is 0.701. The smallest absolute Gasteiger partial charge is 0.408 e. The van der Waals surface area contributed by atoms with Crippen LogP contribution < -0.4 is 16.4 Å². The summed E-state index contributed by atoms with van der Waals surface area (Å²) in [5.41, 5.74) is 2.55. The zero-order valence-electron chi connectivity index (χ0n) is 13.9. The van der Waals surface area contributed by atoms with E-state index in [1.54, 1.807) is 48.5 Å². The average Bonchev–Trinajstić information content (AvgIpc) is 2.21. The Morgan fingerprint density at radius 2 is 1.48 bits per heavy atom. The largest absolute Gasteiger partial charge is 0.444 e. The van der Waals surface area contributed by atoms with Crippen LogP contribution >= 0.6 is 0 Å². The fourth-order valence-corrected chi connectivity index (χ4v) is 1.22. The van der Waals surface area contributed by atoms with Gasteiger partial charge in [-0.15, -0.1) is 0 Å². The molecule has 21 heavy (non-hydrogen) atoms. The summed E-state index contributed by atoms with van der Waals surface area (Å²) in [5.74, 6) is -0.941. The summed E-state index contributed by atoms with van der Waals surface area (Å²) >= 11 is 0. The minimum Gasteiger partial charge on any atom is -0.444 e. The van der Waals surface area contributed by atoms with Crippen molar-refractivity contribution in [1.29, 1.82) is 0 Å². The van der Waals surface area contributed by atoms with E-state index in [-0.39, 0.29) is 6.54 Å². The fraction of sp³-hybridized carbons (Fsp3) is 0.786. The number of rotatable bonds is 5. The molecule has 0 saturated carbocycles. The average molecular weight is 301 g/mol. The molecule has 0 heterocycles. The molecular weight excluding hydrogens is 274 g/mol. The van der Waals surface area contributed by atoms with E-state index in [0.29, 0.717) is 0 Å². The Morgan fingerprint density at radius 3 is 1.86 bits per heavy atom. The number of alkyl carbamates (subject to hydrolysis) is 1. The van der Waals surface area contributed by atoms with Gasteiger partial charge in [0.2, 0.25) is 11.8 Å². The fourth-order valence-electron chi connectivity index (χ4n) is 1.22. The first-order valence-corrected chi connectivity index (χ1v) is 6.77. The lowest BCUT2D eigenvalue weighted by molar-refractivity contribution is -0.129. The van der Waals surface area contributed by atoms with Gasteiger partial charge in [0.15, 0.2) is 0 Å². The number of ether oxygens (including phenoxy) is 1. The van der Waals surface area contributed by atoms with Crippen molar-refractivity contribution in [1.82, 2.24) is 10.6 Å². The van der Waals surface area contributed by atoms with Gasteiger partial charge in [-0.05, 0) is 48.5 Å². The van der Waals surface area contributed by atoms with Crippen molar-refractivity contribution in [3.63, 3.8) is 0 Å². The number of nitrogens with one attached hydrogen (secondary N) is 2. The first-order chi connectivity index (χ1) is 9.17. The van der Waals surface area contributed by atoms with E-state index in [1.807, 2.05) is 0 Å². The third-order valence-corrected chi connectivity index (χ3v) is 2.74. The Bertz CT molecular complexity index is 422. The maximum atomic E-state index is 12.1. The Hall–Kier alpha value is -1.79. The maximum Gasteiger partial charge on any atom is 0.408 e. The molecule has 0 bridgehead atoms. The Kier molecular flexibility index (Phi) is 5.78. The van der Waals surface area contributed by atoms with Crippen molar-refractivity contribution in [2.75, 3.05) is 6.54 Å². The van der Waals surface area contributed by atoms with Crippen molar-refractivity contribution in [2.45, 2.75) is 59.6 Å². The van der Waals surface area contributed by atoms with Crippen LogP contribution in [-0.4, -0.2) is 35.6 Å². The molecule has 0 aromatic carbocycles. The summed E-state index contributed by atoms with van der Waals surface area (Å²) in [6.45, 7) is 11.6. The van der Waals surface area contributed by atoms with E-state index >= 15 is 0 Å². The summed E-state index contributed by atoms with van der Waals surface area (Å²) < 4.78 is 5.10. The summed E-state index contributed by atoms with van der Waals surface area (Å²) in [6, 6.07) is 0. The summed E-state index contributed by atoms with van der Waals surface area (Å²) in [5, 5.41) is 5.09. The van der Waals surface area contributed by atoms with Crippen LogP contribution in [0.3, 0.4) is 0 Å². The molecule has 0 saturated heterocycles. The van der Waals surface area contributed by atoms with Gasteiger partial charge in [0, 0.05) is 6.54 Å². The van der Waals surface area contributed by atoms with Crippen LogP contribution in [0.5, 0.6) is 0 Å². The van der Waals surface area contributed by atoms with Gasteiger partial charge in [0.25, 0.3) is 0 Å². The highest BCUT2D eigenvalue weighted by atomic mass is 16.6. The second-order valence-corrected chi connectivity index (χ2v) is 7.18. The molecule has 0 aliphatic rings. The maximum absolute atomic E-state index is 12.1. The van der Waals surface area contributed by atoms with Crippen LogP contribution in [0.2, 0.25) is 0 Å². The summed E-state index contributed by atoms with van der Waals surface area (Å²) in [7, 11) is 0. The zero-order valence-corrected chi connectivity index (χ0v) is 13.9. The van der Waals surface area contributed by atoms with Gasteiger partial charge in [0.1, 0.15) is 11.1 Å². The third-order valence-electron chi connectivity index (χ3n) is 2.74. The number of hydrogen-bond donors (Lipinski definition) is 3. The molecule has 7 heteroatoms. The molecule has 0 radical (unpaired) electrons. The molecule has 3 amide bonds. The first-order valence-electron chi connectivity index (χ1n) is 6.77. The van der Waals surface area contributed by atoms with E-state index in [0.717, 1.165) is 0 Å². The van der Waals surface area contributed by atoms with Gasteiger partial charge >= 0.3 is 6.09 Å². The van der Waals surface area contributed by atoms with Crippen LogP contribution in [0.15, 0.2) is 0 Å². The van der Waals surface area contributed by atoms with Crippen LogP contribution in [0.4, 0.5) is 4.79 Å². The van der Waals surface area contributed by atoms with Gasteiger partial charge < -0.3 is 21.1 Å². The number of amides is 3. The van der Waals surface area contributed by atoms with Crippen molar-refractivity contribution in [3.05, 3.63) is 0 Å². The number of hydrogen-bond acceptors (Lipinski definition) is 4. The van der Waals surface area contributed by atoms with Gasteiger partial charge in [0.05, 0.1) is 5.41 Å². The molecular formula is C14H27N3O4. The molecule has 0 unspecified atom stereocenters. The summed E-state index contributed by atoms with van der Waals surface area (Å²) in [6.07, 6.45) is -0.684. The molecule has 0 fully saturated rings. The topological polar surface area (TPSA) is 111 Å². The lowest BCUT2D eigenvalue weighted by Gasteiger charge is -2.29. The van der Waals surface area contributed by atoms with Gasteiger partial charge in [-0.3, -0.25) is 9.59 Å². The van der Waals surface area contributed by atoms with Gasteiger partial charge in [-0.25, -0.2) is 4.79 Å². The number of nitrogens with two attached hydrogens (primary N) is 1. The lowest BCUT2D eigenvalue weighted by Crippen LogP contribution is -2.57. The van der Waals surface area contributed by atoms with Crippen LogP contribution in [0.25, 0.3) is 0 Å². The molecule has 0 aliphatic carbocycles. The van der Waals surface area contributed by atoms with Crippen LogP contribution in [-0.2, 0) is 14.3 Å². The number of primary amides is 1. The highest BCUT2D eigenvalue weighted by Crippen LogP contribution is 2.13. The monoisotopic (exact) mass is 301 g/mol. The van der Waals surface area contributed by atoms with E-state index < -0.39 is 34.5 Å². The Balaban J connectivity index is 4.60. The Morgan fingerprint density at radius 1 is 1.00 bits per heavy atom. The molecule has 0 aromatic rings. The molecule has 0 spiro atoms. The van der Waals surface area contributed by atoms with E-state index in [9.17, 15) is 14.4 Å². The van der Waals surface area contributed by atoms with Crippen molar-refractivity contribution >= 4 is 17.9 Å². The minimum atomic E-state index is -1.17. The Labute approximate surface area is 126 Å². The molecule has 0 rings (SSSR count). The van der Waals surface area contributed by atoms with Crippen molar-refractivity contribution < 1.29 is 19.1 Å². The van der Waals surface area contributed by atoms with Gasteiger partial charge in [-0.1, -0.05) is 0 Å². The SMILES string of the molecule is CC(C)(C)OC(=O)NC(C)(C)C(=O)NCC(C)(C)C(N)=O. The van der Waals surface area contributed by atoms with Crippen LogP contribution in [0, 0.1) is 5.41 Å². The normalized spacial score (nSPS) is 12.5. The zero-order chi connectivity index (χ0) is 17.1. The van der Waals surface area contributed by atoms with E-state index in [4.69, 9.17) is 10.5 Å². The predicted octanol–water partition coefficient (Wildman–Crippen LogP) is 0.917. The highest BCUT2D eigenvalue weighted by Gasteiger charge is 2.33. The summed E-state index contributed by atoms with van der Waals surface area (Å²) in [4.78, 5) is 35.0. The predicted molar refractivity (Wildman–Crippen MR) is 79.4 cm³/mol. The molecule has 4 N–H and O–H groups in total. The van der Waals surface area contributed by atoms with Gasteiger partial charge in [-0.2, -0.15) is 0 Å². The second-order valence-electron chi connectivity index (χ2n) is 7.18. The first kappa shape index (κ1) is 19.2. The lowest BCUT2D eigenvalue weighted by atomic mass is 9.92. The van der Waals surface area contributed by atoms with Crippen molar-refractivity contribution in [3.8, 4) is 0 Å². The molecule has 7 nitrogen and oxygen atoms in total. The molecule has 0 aliphatic heterocycles. The molecule has 0 atom stereocenters.